The number of aromatic nitrogens is 1. The Kier molecular flexibility index (Phi) is 1.13. The largest absolute Gasteiger partial charge is 0.397 e. The summed E-state index contributed by atoms with van der Waals surface area (Å²) in [6.45, 7) is 0. The fraction of sp³-hybridized carbons (Fsp3) is 0.375. The van der Waals surface area contributed by atoms with E-state index in [4.69, 9.17) is 5.73 Å². The van der Waals surface area contributed by atoms with Crippen LogP contribution in [-0.2, 0) is 0 Å². The van der Waals surface area contributed by atoms with Gasteiger partial charge in [-0.1, -0.05) is 0 Å². The Morgan fingerprint density at radius 2 is 2.30 bits per heavy atom. The number of nitrogens with two attached hydrogens (primary N) is 1. The topological polar surface area (TPSA) is 38.9 Å². The van der Waals surface area contributed by atoms with Gasteiger partial charge in [-0.2, -0.15) is 0 Å². The zero-order valence-electron chi connectivity index (χ0n) is 5.75. The van der Waals surface area contributed by atoms with Crippen LogP contribution in [0.1, 0.15) is 24.5 Å². The first kappa shape index (κ1) is 5.71. The van der Waals surface area contributed by atoms with E-state index in [9.17, 15) is 0 Å². The molecular weight excluding hydrogens is 124 g/mol. The van der Waals surface area contributed by atoms with Crippen molar-refractivity contribution in [1.29, 1.82) is 0 Å². The summed E-state index contributed by atoms with van der Waals surface area (Å²) >= 11 is 0. The number of rotatable bonds is 1. The van der Waals surface area contributed by atoms with Crippen molar-refractivity contribution in [2.45, 2.75) is 18.8 Å². The molecule has 10 heavy (non-hydrogen) atoms. The van der Waals surface area contributed by atoms with Gasteiger partial charge in [-0.25, -0.2) is 0 Å². The predicted molar refractivity (Wildman–Crippen MR) is 40.6 cm³/mol. The van der Waals surface area contributed by atoms with Crippen molar-refractivity contribution in [1.82, 2.24) is 4.98 Å². The molecule has 0 radical (unpaired) electrons. The zero-order valence-corrected chi connectivity index (χ0v) is 5.75. The zero-order chi connectivity index (χ0) is 6.97. The highest BCUT2D eigenvalue weighted by Gasteiger charge is 2.26. The van der Waals surface area contributed by atoms with Crippen LogP contribution in [0.25, 0.3) is 0 Å². The smallest absolute Gasteiger partial charge is 0.0663 e. The van der Waals surface area contributed by atoms with E-state index in [1.54, 1.807) is 0 Å². The Hall–Kier alpha value is -1.05. The summed E-state index contributed by atoms with van der Waals surface area (Å²) in [5.41, 5.74) is 7.65. The van der Waals surface area contributed by atoms with Gasteiger partial charge in [0, 0.05) is 12.1 Å². The van der Waals surface area contributed by atoms with Gasteiger partial charge in [0.25, 0.3) is 0 Å². The molecule has 2 N–H and O–H groups in total. The fourth-order valence-electron chi connectivity index (χ4n) is 1.13. The van der Waals surface area contributed by atoms with Crippen molar-refractivity contribution in [3.8, 4) is 0 Å². The van der Waals surface area contributed by atoms with Crippen LogP contribution in [0.3, 0.4) is 0 Å². The molecule has 1 aromatic rings. The lowest BCUT2D eigenvalue weighted by atomic mass is 10.2. The fourth-order valence-corrected chi connectivity index (χ4v) is 1.13. The van der Waals surface area contributed by atoms with Gasteiger partial charge < -0.3 is 5.73 Å². The lowest BCUT2D eigenvalue weighted by Crippen LogP contribution is -1.94. The standard InChI is InChI=1S/C8H10N2/c9-7-2-1-5-10-8(7)6-3-4-6/h1-2,5-6H,3-4,9H2. The molecule has 0 spiro atoms. The van der Waals surface area contributed by atoms with Crippen LogP contribution in [0.2, 0.25) is 0 Å². The molecule has 0 bridgehead atoms. The molecule has 1 aromatic heterocycles. The molecule has 0 aliphatic heterocycles. The molecule has 2 nitrogen and oxygen atoms in total. The Labute approximate surface area is 60.1 Å². The first-order chi connectivity index (χ1) is 4.88. The summed E-state index contributed by atoms with van der Waals surface area (Å²) in [6.07, 6.45) is 4.34. The van der Waals surface area contributed by atoms with Gasteiger partial charge in [0.1, 0.15) is 0 Å². The number of pyridine rings is 1. The molecule has 0 unspecified atom stereocenters. The molecule has 2 rings (SSSR count). The number of nitrogens with zero attached hydrogens (tertiary/aromatic N) is 1. The lowest BCUT2D eigenvalue weighted by Gasteiger charge is -1.99. The third kappa shape index (κ3) is 0.856. The van der Waals surface area contributed by atoms with E-state index in [0.717, 1.165) is 11.4 Å². The summed E-state index contributed by atoms with van der Waals surface area (Å²) in [5.74, 6) is 0.668. The maximum Gasteiger partial charge on any atom is 0.0663 e. The van der Waals surface area contributed by atoms with Crippen LogP contribution in [-0.4, -0.2) is 4.98 Å². The molecule has 0 atom stereocenters. The van der Waals surface area contributed by atoms with Crippen molar-refractivity contribution in [2.75, 3.05) is 5.73 Å². The maximum absolute atomic E-state index is 5.70. The average Bonchev–Trinajstić information content (AvgIpc) is 2.71. The van der Waals surface area contributed by atoms with E-state index in [-0.39, 0.29) is 0 Å². The average molecular weight is 134 g/mol. The number of hydrogen-bond donors (Lipinski definition) is 1. The molecule has 2 heteroatoms. The third-order valence-corrected chi connectivity index (χ3v) is 1.84. The van der Waals surface area contributed by atoms with Crippen molar-refractivity contribution in [3.63, 3.8) is 0 Å². The molecule has 0 aromatic carbocycles. The highest BCUT2D eigenvalue weighted by Crippen LogP contribution is 2.40. The van der Waals surface area contributed by atoms with E-state index in [1.165, 1.54) is 12.8 Å². The number of hydrogen-bond acceptors (Lipinski definition) is 2. The summed E-state index contributed by atoms with van der Waals surface area (Å²) < 4.78 is 0. The van der Waals surface area contributed by atoms with Crippen LogP contribution in [0.5, 0.6) is 0 Å². The normalized spacial score (nSPS) is 17.2. The highest BCUT2D eigenvalue weighted by atomic mass is 14.7. The predicted octanol–water partition coefficient (Wildman–Crippen LogP) is 1.54. The summed E-state index contributed by atoms with van der Waals surface area (Å²) in [6, 6.07) is 3.79. The van der Waals surface area contributed by atoms with Crippen LogP contribution >= 0.6 is 0 Å². The van der Waals surface area contributed by atoms with Crippen LogP contribution in [0.4, 0.5) is 5.69 Å². The van der Waals surface area contributed by atoms with E-state index in [1.807, 2.05) is 18.3 Å². The molecular formula is C8H10N2. The van der Waals surface area contributed by atoms with E-state index >= 15 is 0 Å². The molecule has 1 heterocycles. The van der Waals surface area contributed by atoms with Crippen molar-refractivity contribution in [3.05, 3.63) is 24.0 Å². The molecule has 52 valence electrons. The van der Waals surface area contributed by atoms with Crippen LogP contribution in [0.15, 0.2) is 18.3 Å². The van der Waals surface area contributed by atoms with Gasteiger partial charge in [0.2, 0.25) is 0 Å². The first-order valence-corrected chi connectivity index (χ1v) is 3.58. The second-order valence-corrected chi connectivity index (χ2v) is 2.75. The molecule has 1 saturated carbocycles. The van der Waals surface area contributed by atoms with Gasteiger partial charge in [-0.3, -0.25) is 4.98 Å². The SMILES string of the molecule is Nc1cccnc1C1CC1. The van der Waals surface area contributed by atoms with Gasteiger partial charge >= 0.3 is 0 Å². The second kappa shape index (κ2) is 1.97. The Bertz CT molecular complexity index is 241. The minimum atomic E-state index is 0.668. The van der Waals surface area contributed by atoms with Crippen molar-refractivity contribution < 1.29 is 0 Å². The van der Waals surface area contributed by atoms with Crippen LogP contribution < -0.4 is 5.73 Å². The summed E-state index contributed by atoms with van der Waals surface area (Å²) in [7, 11) is 0. The molecule has 0 saturated heterocycles. The minimum absolute atomic E-state index is 0.668. The van der Waals surface area contributed by atoms with Crippen molar-refractivity contribution in [2.24, 2.45) is 0 Å². The second-order valence-electron chi connectivity index (χ2n) is 2.75. The maximum atomic E-state index is 5.70. The molecule has 1 fully saturated rings. The quantitative estimate of drug-likeness (QED) is 0.632. The highest BCUT2D eigenvalue weighted by molar-refractivity contribution is 5.45. The molecule has 0 amide bonds. The van der Waals surface area contributed by atoms with Crippen molar-refractivity contribution >= 4 is 5.69 Å². The summed E-state index contributed by atoms with van der Waals surface area (Å²) in [5, 5.41) is 0. The van der Waals surface area contributed by atoms with Gasteiger partial charge in [0.05, 0.1) is 11.4 Å². The van der Waals surface area contributed by atoms with Gasteiger partial charge in [0.15, 0.2) is 0 Å². The van der Waals surface area contributed by atoms with E-state index in [2.05, 4.69) is 4.98 Å². The summed E-state index contributed by atoms with van der Waals surface area (Å²) in [4.78, 5) is 4.22. The van der Waals surface area contributed by atoms with Gasteiger partial charge in [-0.05, 0) is 25.0 Å². The van der Waals surface area contributed by atoms with E-state index < -0.39 is 0 Å². The minimum Gasteiger partial charge on any atom is -0.397 e. The number of nitrogen functional groups attached to an aromatic ring is 1. The van der Waals surface area contributed by atoms with E-state index in [0.29, 0.717) is 5.92 Å². The monoisotopic (exact) mass is 134 g/mol. The Balaban J connectivity index is 2.39. The van der Waals surface area contributed by atoms with Crippen LogP contribution in [0, 0.1) is 0 Å². The van der Waals surface area contributed by atoms with Gasteiger partial charge in [-0.15, -0.1) is 0 Å². The lowest BCUT2D eigenvalue weighted by molar-refractivity contribution is 1.03. The molecule has 1 aliphatic carbocycles. The number of anilines is 1. The third-order valence-electron chi connectivity index (χ3n) is 1.84. The first-order valence-electron chi connectivity index (χ1n) is 3.58. The Morgan fingerprint density at radius 1 is 1.50 bits per heavy atom. The Morgan fingerprint density at radius 3 is 2.90 bits per heavy atom. The molecule has 1 aliphatic rings.